The van der Waals surface area contributed by atoms with E-state index >= 15 is 0 Å². The summed E-state index contributed by atoms with van der Waals surface area (Å²) in [7, 11) is 0. The van der Waals surface area contributed by atoms with Crippen LogP contribution in [-0.2, 0) is 0 Å². The fourth-order valence-corrected chi connectivity index (χ4v) is 1.60. The van der Waals surface area contributed by atoms with Gasteiger partial charge in [0, 0.05) is 25.7 Å². The summed E-state index contributed by atoms with van der Waals surface area (Å²) < 4.78 is 0. The topological polar surface area (TPSA) is 49.5 Å². The fourth-order valence-electron chi connectivity index (χ4n) is 1.60. The molecule has 1 saturated heterocycles. The standard InChI is InChI=1S/C8H18N2O.2ClH/c1-7(9)5-10-4-3-8(2,11)6-10;;/h7,11H,3-6,9H2,1-2H3;2*1H/t7-,8-;;/m1../s1. The molecular weight excluding hydrogens is 211 g/mol. The molecule has 0 aromatic carbocycles. The molecule has 0 amide bonds. The van der Waals surface area contributed by atoms with Crippen molar-refractivity contribution in [2.75, 3.05) is 19.6 Å². The van der Waals surface area contributed by atoms with Gasteiger partial charge in [0.15, 0.2) is 0 Å². The average Bonchev–Trinajstić information content (AvgIpc) is 2.08. The highest BCUT2D eigenvalue weighted by Gasteiger charge is 2.31. The van der Waals surface area contributed by atoms with Crippen molar-refractivity contribution in [1.82, 2.24) is 4.90 Å². The Morgan fingerprint density at radius 3 is 2.38 bits per heavy atom. The van der Waals surface area contributed by atoms with Gasteiger partial charge in [-0.1, -0.05) is 0 Å². The Hall–Kier alpha value is 0.460. The normalized spacial score (nSPS) is 30.5. The number of β-amino-alcohol motifs (C(OH)–C–C–N with tert-alkyl or cyclic N) is 1. The van der Waals surface area contributed by atoms with E-state index in [9.17, 15) is 5.11 Å². The summed E-state index contributed by atoms with van der Waals surface area (Å²) in [6.45, 7) is 6.53. The third-order valence-corrected chi connectivity index (χ3v) is 2.08. The average molecular weight is 231 g/mol. The van der Waals surface area contributed by atoms with Crippen LogP contribution < -0.4 is 5.73 Å². The quantitative estimate of drug-likeness (QED) is 0.733. The Kier molecular flexibility index (Phi) is 7.39. The first-order chi connectivity index (χ1) is 4.99. The van der Waals surface area contributed by atoms with E-state index in [0.29, 0.717) is 0 Å². The van der Waals surface area contributed by atoms with E-state index < -0.39 is 5.60 Å². The zero-order chi connectivity index (χ0) is 8.48. The van der Waals surface area contributed by atoms with Gasteiger partial charge in [0.25, 0.3) is 0 Å². The van der Waals surface area contributed by atoms with Crippen LogP contribution >= 0.6 is 24.8 Å². The molecule has 0 aromatic rings. The maximum atomic E-state index is 9.60. The zero-order valence-electron chi connectivity index (χ0n) is 8.19. The van der Waals surface area contributed by atoms with Crippen molar-refractivity contribution in [2.24, 2.45) is 5.73 Å². The summed E-state index contributed by atoms with van der Waals surface area (Å²) in [5.74, 6) is 0. The number of nitrogens with zero attached hydrogens (tertiary/aromatic N) is 1. The highest BCUT2D eigenvalue weighted by atomic mass is 35.5. The van der Waals surface area contributed by atoms with Crippen molar-refractivity contribution < 1.29 is 5.11 Å². The first kappa shape index (κ1) is 15.9. The molecule has 0 spiro atoms. The van der Waals surface area contributed by atoms with Gasteiger partial charge < -0.3 is 10.8 Å². The van der Waals surface area contributed by atoms with Crippen LogP contribution in [0.2, 0.25) is 0 Å². The monoisotopic (exact) mass is 230 g/mol. The van der Waals surface area contributed by atoms with E-state index in [0.717, 1.165) is 26.1 Å². The summed E-state index contributed by atoms with van der Waals surface area (Å²) in [6, 6.07) is 0.212. The molecule has 2 atom stereocenters. The number of rotatable bonds is 2. The van der Waals surface area contributed by atoms with E-state index in [1.165, 1.54) is 0 Å². The van der Waals surface area contributed by atoms with Gasteiger partial charge in [-0.3, -0.25) is 4.90 Å². The number of aliphatic hydroxyl groups is 1. The molecule has 3 nitrogen and oxygen atoms in total. The minimum absolute atomic E-state index is 0. The van der Waals surface area contributed by atoms with Crippen molar-refractivity contribution in [3.05, 3.63) is 0 Å². The van der Waals surface area contributed by atoms with E-state index in [1.54, 1.807) is 0 Å². The predicted molar refractivity (Wildman–Crippen MR) is 59.8 cm³/mol. The van der Waals surface area contributed by atoms with Crippen LogP contribution in [0, 0.1) is 0 Å². The molecule has 0 aromatic heterocycles. The third kappa shape index (κ3) is 5.70. The van der Waals surface area contributed by atoms with Gasteiger partial charge in [-0.25, -0.2) is 0 Å². The van der Waals surface area contributed by atoms with Gasteiger partial charge in [0.05, 0.1) is 5.60 Å². The summed E-state index contributed by atoms with van der Waals surface area (Å²) in [4.78, 5) is 2.21. The van der Waals surface area contributed by atoms with Crippen molar-refractivity contribution in [3.63, 3.8) is 0 Å². The van der Waals surface area contributed by atoms with Crippen LogP contribution in [0.25, 0.3) is 0 Å². The smallest absolute Gasteiger partial charge is 0.0758 e. The van der Waals surface area contributed by atoms with E-state index in [1.807, 2.05) is 13.8 Å². The lowest BCUT2D eigenvalue weighted by atomic mass is 10.1. The zero-order valence-corrected chi connectivity index (χ0v) is 9.83. The molecule has 0 saturated carbocycles. The summed E-state index contributed by atoms with van der Waals surface area (Å²) in [6.07, 6.45) is 0.875. The van der Waals surface area contributed by atoms with Crippen LogP contribution in [-0.4, -0.2) is 41.3 Å². The second-order valence-corrected chi connectivity index (χ2v) is 3.96. The maximum Gasteiger partial charge on any atom is 0.0758 e. The number of hydrogen-bond acceptors (Lipinski definition) is 3. The summed E-state index contributed by atoms with van der Waals surface area (Å²) in [5, 5.41) is 9.60. The second-order valence-electron chi connectivity index (χ2n) is 3.96. The lowest BCUT2D eigenvalue weighted by Crippen LogP contribution is -2.36. The van der Waals surface area contributed by atoms with Crippen LogP contribution in [0.15, 0.2) is 0 Å². The first-order valence-electron chi connectivity index (χ1n) is 4.20. The van der Waals surface area contributed by atoms with Gasteiger partial charge >= 0.3 is 0 Å². The molecule has 0 unspecified atom stereocenters. The Labute approximate surface area is 92.5 Å². The van der Waals surface area contributed by atoms with Crippen molar-refractivity contribution >= 4 is 24.8 Å². The van der Waals surface area contributed by atoms with Gasteiger partial charge in [-0.2, -0.15) is 0 Å². The number of halogens is 2. The highest BCUT2D eigenvalue weighted by molar-refractivity contribution is 5.85. The van der Waals surface area contributed by atoms with E-state index in [-0.39, 0.29) is 30.9 Å². The van der Waals surface area contributed by atoms with Gasteiger partial charge in [-0.05, 0) is 20.3 Å². The Morgan fingerprint density at radius 1 is 1.54 bits per heavy atom. The first-order valence-corrected chi connectivity index (χ1v) is 4.20. The molecule has 1 rings (SSSR count). The van der Waals surface area contributed by atoms with E-state index in [2.05, 4.69) is 4.90 Å². The second kappa shape index (κ2) is 6.04. The fraction of sp³-hybridized carbons (Fsp3) is 1.00. The molecule has 1 aliphatic heterocycles. The molecule has 3 N–H and O–H groups in total. The lowest BCUT2D eigenvalue weighted by molar-refractivity contribution is 0.0683. The number of nitrogens with two attached hydrogens (primary N) is 1. The SMILES string of the molecule is C[C@@H](N)CN1CC[C@@](C)(O)C1.Cl.Cl. The molecule has 1 aliphatic rings. The van der Waals surface area contributed by atoms with Crippen LogP contribution in [0.4, 0.5) is 0 Å². The van der Waals surface area contributed by atoms with Crippen LogP contribution in [0.3, 0.4) is 0 Å². The lowest BCUT2D eigenvalue weighted by Gasteiger charge is -2.20. The molecule has 1 fully saturated rings. The van der Waals surface area contributed by atoms with Gasteiger partial charge in [0.1, 0.15) is 0 Å². The van der Waals surface area contributed by atoms with Crippen LogP contribution in [0.5, 0.6) is 0 Å². The third-order valence-electron chi connectivity index (χ3n) is 2.08. The van der Waals surface area contributed by atoms with Crippen molar-refractivity contribution in [3.8, 4) is 0 Å². The molecule has 1 heterocycles. The molecule has 0 aliphatic carbocycles. The van der Waals surface area contributed by atoms with Crippen LogP contribution in [0.1, 0.15) is 20.3 Å². The molecule has 82 valence electrons. The van der Waals surface area contributed by atoms with Crippen molar-refractivity contribution in [2.45, 2.75) is 31.9 Å². The number of hydrogen-bond donors (Lipinski definition) is 2. The Morgan fingerprint density at radius 2 is 2.08 bits per heavy atom. The minimum Gasteiger partial charge on any atom is -0.389 e. The molecule has 5 heteroatoms. The summed E-state index contributed by atoms with van der Waals surface area (Å²) in [5.41, 5.74) is 5.16. The largest absolute Gasteiger partial charge is 0.389 e. The van der Waals surface area contributed by atoms with E-state index in [4.69, 9.17) is 5.73 Å². The number of likely N-dealkylation sites (tertiary alicyclic amines) is 1. The Bertz CT molecular complexity index is 142. The highest BCUT2D eigenvalue weighted by Crippen LogP contribution is 2.19. The molecule has 0 radical (unpaired) electrons. The predicted octanol–water partition coefficient (Wildman–Crippen LogP) is 0.634. The van der Waals surface area contributed by atoms with Gasteiger partial charge in [-0.15, -0.1) is 24.8 Å². The van der Waals surface area contributed by atoms with Crippen molar-refractivity contribution in [1.29, 1.82) is 0 Å². The molecule has 0 bridgehead atoms. The Balaban J connectivity index is 0. The van der Waals surface area contributed by atoms with Gasteiger partial charge in [0.2, 0.25) is 0 Å². The summed E-state index contributed by atoms with van der Waals surface area (Å²) >= 11 is 0. The molecular formula is C8H20Cl2N2O. The molecule has 13 heavy (non-hydrogen) atoms. The minimum atomic E-state index is -0.477. The maximum absolute atomic E-state index is 9.60.